The van der Waals surface area contributed by atoms with Crippen molar-refractivity contribution in [2.24, 2.45) is 0 Å². The zero-order valence-corrected chi connectivity index (χ0v) is 19.4. The van der Waals surface area contributed by atoms with Gasteiger partial charge in [-0.05, 0) is 67.1 Å². The fraction of sp³-hybridized carbons (Fsp3) is 0.280. The molecule has 0 spiro atoms. The maximum absolute atomic E-state index is 11.9. The molecule has 0 saturated carbocycles. The van der Waals surface area contributed by atoms with Gasteiger partial charge >= 0.3 is 0 Å². The molecule has 5 rings (SSSR count). The molecular weight excluding hydrogens is 434 g/mol. The van der Waals surface area contributed by atoms with Gasteiger partial charge in [-0.3, -0.25) is 19.8 Å². The maximum atomic E-state index is 11.9. The van der Waals surface area contributed by atoms with E-state index >= 15 is 0 Å². The summed E-state index contributed by atoms with van der Waals surface area (Å²) < 4.78 is 0. The third-order valence-corrected chi connectivity index (χ3v) is 7.00. The molecule has 2 aliphatic rings. The summed E-state index contributed by atoms with van der Waals surface area (Å²) >= 11 is 0.917. The number of imide groups is 1. The van der Waals surface area contributed by atoms with Gasteiger partial charge in [0.15, 0.2) is 0 Å². The average Bonchev–Trinajstić information content (AvgIpc) is 3.15. The molecule has 2 saturated heterocycles. The van der Waals surface area contributed by atoms with Crippen LogP contribution in [0.5, 0.6) is 0 Å². The molecule has 1 N–H and O–H groups in total. The van der Waals surface area contributed by atoms with Crippen molar-refractivity contribution >= 4 is 45.6 Å². The summed E-state index contributed by atoms with van der Waals surface area (Å²) in [4.78, 5) is 28.7. The molecular formula is C25H25N5O2S. The molecule has 0 unspecified atom stereocenters. The smallest absolute Gasteiger partial charge is 0.290 e. The number of fused-ring (bicyclic) bond motifs is 1. The Bertz CT molecular complexity index is 1250. The van der Waals surface area contributed by atoms with E-state index in [1.807, 2.05) is 18.2 Å². The van der Waals surface area contributed by atoms with Crippen LogP contribution in [0.4, 0.5) is 10.5 Å². The van der Waals surface area contributed by atoms with Crippen molar-refractivity contribution in [1.29, 1.82) is 0 Å². The van der Waals surface area contributed by atoms with Crippen LogP contribution in [0.25, 0.3) is 28.1 Å². The topological polar surface area (TPSA) is 78.4 Å². The number of piperazine rings is 1. The van der Waals surface area contributed by atoms with E-state index in [1.54, 1.807) is 12.3 Å². The third kappa shape index (κ3) is 4.49. The van der Waals surface area contributed by atoms with E-state index in [2.05, 4.69) is 63.4 Å². The first kappa shape index (κ1) is 21.6. The Morgan fingerprint density at radius 3 is 2.45 bits per heavy atom. The van der Waals surface area contributed by atoms with Crippen LogP contribution in [-0.4, -0.2) is 58.5 Å². The summed E-state index contributed by atoms with van der Waals surface area (Å²) in [7, 11) is 0. The molecule has 0 atom stereocenters. The summed E-state index contributed by atoms with van der Waals surface area (Å²) in [5, 5.41) is 11.3. The van der Waals surface area contributed by atoms with E-state index < -0.39 is 0 Å². The molecule has 2 aromatic carbocycles. The van der Waals surface area contributed by atoms with Gasteiger partial charge in [0.1, 0.15) is 0 Å². The Balaban J connectivity index is 1.42. The van der Waals surface area contributed by atoms with Crippen LogP contribution in [0, 0.1) is 0 Å². The lowest BCUT2D eigenvalue weighted by Gasteiger charge is -2.38. The molecule has 33 heavy (non-hydrogen) atoms. The number of hydrogen-bond acceptors (Lipinski definition) is 7. The Morgan fingerprint density at radius 2 is 1.79 bits per heavy atom. The number of amides is 2. The number of thioether (sulfide) groups is 1. The molecule has 2 aliphatic heterocycles. The first-order valence-electron chi connectivity index (χ1n) is 11.1. The van der Waals surface area contributed by atoms with Crippen molar-refractivity contribution in [2.45, 2.75) is 19.9 Å². The lowest BCUT2D eigenvalue weighted by atomic mass is 10.0. The standard InChI is InChI=1S/C25H25N5O2S/c1-16(2)29-9-11-30(12-10-29)19-6-4-18(5-7-19)21-15-26-28-22-8-3-17(13-20(21)22)14-23-24(31)27-25(32)33-23/h3-8,13-16H,9-12H2,1-2H3,(H,27,31,32). The van der Waals surface area contributed by atoms with E-state index in [-0.39, 0.29) is 11.1 Å². The number of nitrogens with one attached hydrogen (secondary N) is 1. The number of aromatic nitrogens is 2. The zero-order valence-electron chi connectivity index (χ0n) is 18.6. The van der Waals surface area contributed by atoms with Gasteiger partial charge in [0.2, 0.25) is 0 Å². The van der Waals surface area contributed by atoms with E-state index in [4.69, 9.17) is 0 Å². The van der Waals surface area contributed by atoms with Gasteiger partial charge in [-0.2, -0.15) is 10.2 Å². The lowest BCUT2D eigenvalue weighted by Crippen LogP contribution is -2.48. The molecule has 2 fully saturated rings. The quantitative estimate of drug-likeness (QED) is 0.587. The summed E-state index contributed by atoms with van der Waals surface area (Å²) in [5.74, 6) is -0.358. The van der Waals surface area contributed by atoms with E-state index in [0.29, 0.717) is 10.9 Å². The molecule has 8 heteroatoms. The number of carbonyl (C=O) groups is 2. The Kier molecular flexibility index (Phi) is 5.86. The van der Waals surface area contributed by atoms with Gasteiger partial charge in [0.25, 0.3) is 11.1 Å². The van der Waals surface area contributed by atoms with Crippen LogP contribution < -0.4 is 10.2 Å². The number of anilines is 1. The van der Waals surface area contributed by atoms with Gasteiger partial charge in [0.05, 0.1) is 16.6 Å². The van der Waals surface area contributed by atoms with Crippen molar-refractivity contribution in [3.8, 4) is 11.1 Å². The van der Waals surface area contributed by atoms with Gasteiger partial charge in [0, 0.05) is 48.9 Å². The van der Waals surface area contributed by atoms with Crippen molar-refractivity contribution < 1.29 is 9.59 Å². The van der Waals surface area contributed by atoms with E-state index in [9.17, 15) is 9.59 Å². The van der Waals surface area contributed by atoms with E-state index in [0.717, 1.165) is 65.5 Å². The minimum absolute atomic E-state index is 0.343. The second-order valence-electron chi connectivity index (χ2n) is 8.55. The molecule has 7 nitrogen and oxygen atoms in total. The van der Waals surface area contributed by atoms with Gasteiger partial charge < -0.3 is 4.90 Å². The Hall–Kier alpha value is -3.23. The summed E-state index contributed by atoms with van der Waals surface area (Å²) in [5.41, 5.74) is 4.89. The first-order valence-corrected chi connectivity index (χ1v) is 11.9. The molecule has 0 radical (unpaired) electrons. The molecule has 2 amide bonds. The minimum Gasteiger partial charge on any atom is -0.369 e. The number of carbonyl (C=O) groups excluding carboxylic acids is 2. The number of rotatable bonds is 4. The number of nitrogens with zero attached hydrogens (tertiary/aromatic N) is 4. The van der Waals surface area contributed by atoms with E-state index in [1.165, 1.54) is 5.69 Å². The molecule has 3 heterocycles. The molecule has 0 aliphatic carbocycles. The van der Waals surface area contributed by atoms with Crippen LogP contribution in [0.1, 0.15) is 19.4 Å². The highest BCUT2D eigenvalue weighted by Crippen LogP contribution is 2.31. The highest BCUT2D eigenvalue weighted by Gasteiger charge is 2.25. The SMILES string of the molecule is CC(C)N1CCN(c2ccc(-c3cnnc4ccc(C=C5SC(=O)NC5=O)cc34)cc2)CC1. The fourth-order valence-electron chi connectivity index (χ4n) is 4.32. The van der Waals surface area contributed by atoms with Crippen LogP contribution in [0.15, 0.2) is 53.6 Å². The fourth-order valence-corrected chi connectivity index (χ4v) is 5.00. The first-order chi connectivity index (χ1) is 16.0. The number of hydrogen-bond donors (Lipinski definition) is 1. The van der Waals surface area contributed by atoms with Crippen molar-refractivity contribution in [3.05, 3.63) is 59.1 Å². The van der Waals surface area contributed by atoms with Crippen molar-refractivity contribution in [2.75, 3.05) is 31.1 Å². The Morgan fingerprint density at radius 1 is 1.03 bits per heavy atom. The van der Waals surface area contributed by atoms with Gasteiger partial charge in [-0.15, -0.1) is 0 Å². The minimum atomic E-state index is -0.358. The highest BCUT2D eigenvalue weighted by molar-refractivity contribution is 8.18. The van der Waals surface area contributed by atoms with Gasteiger partial charge in [-0.25, -0.2) is 0 Å². The molecule has 168 valence electrons. The van der Waals surface area contributed by atoms with Crippen LogP contribution in [0.2, 0.25) is 0 Å². The van der Waals surface area contributed by atoms with Crippen molar-refractivity contribution in [1.82, 2.24) is 20.4 Å². The zero-order chi connectivity index (χ0) is 22.9. The summed E-state index contributed by atoms with van der Waals surface area (Å²) in [6.45, 7) is 8.73. The largest absolute Gasteiger partial charge is 0.369 e. The normalized spacial score (nSPS) is 18.5. The molecule has 0 bridgehead atoms. The third-order valence-electron chi connectivity index (χ3n) is 6.19. The summed E-state index contributed by atoms with van der Waals surface area (Å²) in [6.07, 6.45) is 3.50. The van der Waals surface area contributed by atoms with Crippen LogP contribution in [-0.2, 0) is 4.79 Å². The predicted molar refractivity (Wildman–Crippen MR) is 133 cm³/mol. The molecule has 3 aromatic rings. The maximum Gasteiger partial charge on any atom is 0.290 e. The predicted octanol–water partition coefficient (Wildman–Crippen LogP) is 4.15. The van der Waals surface area contributed by atoms with Gasteiger partial charge in [-0.1, -0.05) is 18.2 Å². The average molecular weight is 460 g/mol. The molecule has 1 aromatic heterocycles. The summed E-state index contributed by atoms with van der Waals surface area (Å²) in [6, 6.07) is 14.9. The monoisotopic (exact) mass is 459 g/mol. The Labute approximate surface area is 196 Å². The second-order valence-corrected chi connectivity index (χ2v) is 9.57. The lowest BCUT2D eigenvalue weighted by molar-refractivity contribution is -0.115. The van der Waals surface area contributed by atoms with Crippen molar-refractivity contribution in [3.63, 3.8) is 0 Å². The highest BCUT2D eigenvalue weighted by atomic mass is 32.2. The van der Waals surface area contributed by atoms with Crippen LogP contribution >= 0.6 is 11.8 Å². The number of benzene rings is 2. The van der Waals surface area contributed by atoms with Crippen LogP contribution in [0.3, 0.4) is 0 Å². The second kappa shape index (κ2) is 8.96.